The number of anilines is 1. The van der Waals surface area contributed by atoms with Gasteiger partial charge in [-0.3, -0.25) is 9.59 Å². The molecule has 28 heavy (non-hydrogen) atoms. The van der Waals surface area contributed by atoms with Crippen LogP contribution in [0, 0.1) is 0 Å². The van der Waals surface area contributed by atoms with E-state index in [4.69, 9.17) is 23.2 Å². The number of tetrazole rings is 1. The fourth-order valence-electron chi connectivity index (χ4n) is 2.97. The van der Waals surface area contributed by atoms with E-state index in [0.29, 0.717) is 26.9 Å². The van der Waals surface area contributed by atoms with E-state index in [-0.39, 0.29) is 24.1 Å². The lowest BCUT2D eigenvalue weighted by molar-refractivity contribution is -0.131. The molecule has 2 aromatic rings. The molecule has 11 heteroatoms. The molecule has 0 radical (unpaired) electrons. The number of likely N-dealkylation sites (N-methyl/N-ethyl adjacent to an activating group) is 1. The minimum atomic E-state index is -0.324. The minimum Gasteiger partial charge on any atom is -0.336 e. The highest BCUT2D eigenvalue weighted by molar-refractivity contribution is 7.99. The third-order valence-corrected chi connectivity index (χ3v) is 6.13. The van der Waals surface area contributed by atoms with Crippen LogP contribution in [0.15, 0.2) is 23.4 Å². The highest BCUT2D eigenvalue weighted by atomic mass is 35.5. The van der Waals surface area contributed by atoms with E-state index in [1.54, 1.807) is 25.2 Å². The predicted molar refractivity (Wildman–Crippen MR) is 109 cm³/mol. The average molecular weight is 443 g/mol. The fraction of sp³-hybridized carbons (Fsp3) is 0.471. The van der Waals surface area contributed by atoms with Gasteiger partial charge in [0.05, 0.1) is 28.4 Å². The second kappa shape index (κ2) is 9.58. The standard InChI is InChI=1S/C17H20Cl2N6O2S/c1-24(9-15(26)20-11-6-7-13(18)14(19)8-11)16(27)10-28-17-21-22-23-25(17)12-4-2-3-5-12/h6-8,12H,2-5,9-10H2,1H3,(H,20,26). The van der Waals surface area contributed by atoms with E-state index in [1.165, 1.54) is 29.5 Å². The molecule has 1 aliphatic carbocycles. The summed E-state index contributed by atoms with van der Waals surface area (Å²) in [6.07, 6.45) is 4.46. The van der Waals surface area contributed by atoms with E-state index in [0.717, 1.165) is 12.8 Å². The van der Waals surface area contributed by atoms with Crippen LogP contribution < -0.4 is 5.32 Å². The van der Waals surface area contributed by atoms with Crippen molar-refractivity contribution in [3.05, 3.63) is 28.2 Å². The van der Waals surface area contributed by atoms with Crippen LogP contribution >= 0.6 is 35.0 Å². The molecule has 0 aliphatic heterocycles. The zero-order valence-corrected chi connectivity index (χ0v) is 17.6. The molecule has 1 aromatic heterocycles. The molecule has 0 unspecified atom stereocenters. The fourth-order valence-corrected chi connectivity index (χ4v) is 4.16. The third kappa shape index (κ3) is 5.36. The SMILES string of the molecule is CN(CC(=O)Nc1ccc(Cl)c(Cl)c1)C(=O)CSc1nnnn1C1CCCC1. The Morgan fingerprint density at radius 2 is 2.04 bits per heavy atom. The average Bonchev–Trinajstić information content (AvgIpc) is 3.33. The zero-order chi connectivity index (χ0) is 20.1. The van der Waals surface area contributed by atoms with Crippen LogP contribution in [0.1, 0.15) is 31.7 Å². The summed E-state index contributed by atoms with van der Waals surface area (Å²) in [5.41, 5.74) is 0.519. The summed E-state index contributed by atoms with van der Waals surface area (Å²) in [7, 11) is 1.58. The van der Waals surface area contributed by atoms with Crippen molar-refractivity contribution in [2.24, 2.45) is 0 Å². The topological polar surface area (TPSA) is 93.0 Å². The van der Waals surface area contributed by atoms with Gasteiger partial charge in [-0.25, -0.2) is 4.68 Å². The normalized spacial score (nSPS) is 14.2. The third-order valence-electron chi connectivity index (χ3n) is 4.47. The largest absolute Gasteiger partial charge is 0.336 e. The Morgan fingerprint density at radius 1 is 1.29 bits per heavy atom. The number of nitrogens with one attached hydrogen (secondary N) is 1. The Bertz CT molecular complexity index is 856. The van der Waals surface area contributed by atoms with Gasteiger partial charge in [0.15, 0.2) is 0 Å². The van der Waals surface area contributed by atoms with E-state index < -0.39 is 0 Å². The molecule has 1 aromatic carbocycles. The molecular formula is C17H20Cl2N6O2S. The highest BCUT2D eigenvalue weighted by Gasteiger charge is 2.22. The lowest BCUT2D eigenvalue weighted by Crippen LogP contribution is -2.36. The van der Waals surface area contributed by atoms with Gasteiger partial charge in [-0.05, 0) is 41.5 Å². The van der Waals surface area contributed by atoms with Crippen LogP contribution in [0.2, 0.25) is 10.0 Å². The van der Waals surface area contributed by atoms with Crippen molar-refractivity contribution in [3.63, 3.8) is 0 Å². The summed E-state index contributed by atoms with van der Waals surface area (Å²) in [4.78, 5) is 25.9. The molecule has 1 aliphatic rings. The van der Waals surface area contributed by atoms with E-state index in [2.05, 4.69) is 20.8 Å². The number of nitrogens with zero attached hydrogens (tertiary/aromatic N) is 5. The molecule has 1 saturated carbocycles. The van der Waals surface area contributed by atoms with Crippen molar-refractivity contribution in [3.8, 4) is 0 Å². The number of aromatic nitrogens is 4. The summed E-state index contributed by atoms with van der Waals surface area (Å²) >= 11 is 13.1. The highest BCUT2D eigenvalue weighted by Crippen LogP contribution is 2.31. The Hall–Kier alpha value is -1.84. The Balaban J connectivity index is 1.48. The molecule has 150 valence electrons. The second-order valence-corrected chi connectivity index (χ2v) is 8.32. The van der Waals surface area contributed by atoms with Crippen LogP contribution in [-0.4, -0.2) is 56.3 Å². The maximum Gasteiger partial charge on any atom is 0.243 e. The Labute approximate surface area is 176 Å². The lowest BCUT2D eigenvalue weighted by atomic mass is 10.3. The van der Waals surface area contributed by atoms with Crippen LogP contribution in [-0.2, 0) is 9.59 Å². The van der Waals surface area contributed by atoms with E-state index in [1.807, 2.05) is 4.68 Å². The predicted octanol–water partition coefficient (Wildman–Crippen LogP) is 3.28. The van der Waals surface area contributed by atoms with E-state index in [9.17, 15) is 9.59 Å². The quantitative estimate of drug-likeness (QED) is 0.661. The molecule has 1 heterocycles. The zero-order valence-electron chi connectivity index (χ0n) is 15.3. The van der Waals surface area contributed by atoms with Gasteiger partial charge in [0.1, 0.15) is 0 Å². The molecule has 3 rings (SSSR count). The number of carbonyl (C=O) groups is 2. The first-order chi connectivity index (χ1) is 13.4. The molecule has 1 fully saturated rings. The molecule has 0 bridgehead atoms. The van der Waals surface area contributed by atoms with Crippen LogP contribution in [0.3, 0.4) is 0 Å². The van der Waals surface area contributed by atoms with E-state index >= 15 is 0 Å². The molecule has 0 spiro atoms. The molecule has 0 saturated heterocycles. The smallest absolute Gasteiger partial charge is 0.243 e. The molecule has 8 nitrogen and oxygen atoms in total. The van der Waals surface area contributed by atoms with Crippen molar-refractivity contribution in [1.82, 2.24) is 25.1 Å². The van der Waals surface area contributed by atoms with Gasteiger partial charge in [-0.15, -0.1) is 5.10 Å². The Kier molecular flexibility index (Phi) is 7.14. The number of benzene rings is 1. The van der Waals surface area contributed by atoms with Crippen molar-refractivity contribution >= 4 is 52.5 Å². The first-order valence-corrected chi connectivity index (χ1v) is 10.6. The summed E-state index contributed by atoms with van der Waals surface area (Å²) < 4.78 is 1.81. The number of rotatable bonds is 7. The summed E-state index contributed by atoms with van der Waals surface area (Å²) in [6.45, 7) is -0.0762. The lowest BCUT2D eigenvalue weighted by Gasteiger charge is -2.17. The van der Waals surface area contributed by atoms with Crippen molar-refractivity contribution in [2.75, 3.05) is 24.7 Å². The molecule has 2 amide bonds. The van der Waals surface area contributed by atoms with Crippen molar-refractivity contribution in [2.45, 2.75) is 36.9 Å². The van der Waals surface area contributed by atoms with Crippen LogP contribution in [0.25, 0.3) is 0 Å². The number of hydrogen-bond donors (Lipinski definition) is 1. The van der Waals surface area contributed by atoms with Crippen molar-refractivity contribution < 1.29 is 9.59 Å². The number of hydrogen-bond acceptors (Lipinski definition) is 6. The maximum atomic E-state index is 12.4. The first-order valence-electron chi connectivity index (χ1n) is 8.83. The molecular weight excluding hydrogens is 423 g/mol. The van der Waals surface area contributed by atoms with Gasteiger partial charge in [0, 0.05) is 12.7 Å². The van der Waals surface area contributed by atoms with Crippen molar-refractivity contribution in [1.29, 1.82) is 0 Å². The van der Waals surface area contributed by atoms with Crippen LogP contribution in [0.4, 0.5) is 5.69 Å². The van der Waals surface area contributed by atoms with Crippen LogP contribution in [0.5, 0.6) is 0 Å². The molecule has 1 N–H and O–H groups in total. The van der Waals surface area contributed by atoms with Gasteiger partial charge < -0.3 is 10.2 Å². The van der Waals surface area contributed by atoms with Gasteiger partial charge >= 0.3 is 0 Å². The summed E-state index contributed by atoms with van der Waals surface area (Å²) in [5.74, 6) is -0.353. The molecule has 0 atom stereocenters. The number of thioether (sulfide) groups is 1. The summed E-state index contributed by atoms with van der Waals surface area (Å²) in [5, 5.41) is 15.9. The minimum absolute atomic E-state index is 0.0762. The Morgan fingerprint density at radius 3 is 2.75 bits per heavy atom. The number of halogens is 2. The first kappa shape index (κ1) is 20.9. The number of amides is 2. The van der Waals surface area contributed by atoms with Gasteiger partial charge in [0.25, 0.3) is 0 Å². The monoisotopic (exact) mass is 442 g/mol. The number of carbonyl (C=O) groups excluding carboxylic acids is 2. The van der Waals surface area contributed by atoms with Gasteiger partial charge in [0.2, 0.25) is 17.0 Å². The van der Waals surface area contributed by atoms with Gasteiger partial charge in [-0.2, -0.15) is 0 Å². The maximum absolute atomic E-state index is 12.4. The van der Waals surface area contributed by atoms with Gasteiger partial charge in [-0.1, -0.05) is 47.8 Å². The second-order valence-electron chi connectivity index (χ2n) is 6.56. The summed E-state index contributed by atoms with van der Waals surface area (Å²) in [6, 6.07) is 5.11.